The average Bonchev–Trinajstić information content (AvgIpc) is 2.38. The lowest BCUT2D eigenvalue weighted by molar-refractivity contribution is 0.0180. The number of likely N-dealkylation sites (tertiary alicyclic amines) is 1. The number of carbonyl (C=O) groups excluding carboxylic acids is 2. The van der Waals surface area contributed by atoms with Crippen LogP contribution in [0.5, 0.6) is 0 Å². The standard InChI is InChI=1S/C15H28N2O4S/c1-11-9-17(14(19)21-15(2,3)4)8-7-12(11)22-10-20-13(18)16(5)6/h11-12H,7-10H2,1-6H3. The minimum Gasteiger partial charge on any atom is -0.444 e. The van der Waals surface area contributed by atoms with Crippen molar-refractivity contribution >= 4 is 23.9 Å². The van der Waals surface area contributed by atoms with Gasteiger partial charge in [0.05, 0.1) is 0 Å². The van der Waals surface area contributed by atoms with E-state index in [1.54, 1.807) is 30.8 Å². The van der Waals surface area contributed by atoms with Crippen molar-refractivity contribution in [3.63, 3.8) is 0 Å². The second kappa shape index (κ2) is 7.94. The van der Waals surface area contributed by atoms with Crippen LogP contribution in [0.25, 0.3) is 0 Å². The smallest absolute Gasteiger partial charge is 0.410 e. The summed E-state index contributed by atoms with van der Waals surface area (Å²) in [6.07, 6.45) is 0.304. The molecule has 1 heterocycles. The van der Waals surface area contributed by atoms with Crippen LogP contribution in [-0.2, 0) is 9.47 Å². The van der Waals surface area contributed by atoms with Crippen LogP contribution < -0.4 is 0 Å². The highest BCUT2D eigenvalue weighted by atomic mass is 32.2. The molecule has 22 heavy (non-hydrogen) atoms. The molecule has 0 saturated carbocycles. The molecule has 2 amide bonds. The molecular weight excluding hydrogens is 304 g/mol. The first-order valence-electron chi connectivity index (χ1n) is 7.53. The predicted molar refractivity (Wildman–Crippen MR) is 88.0 cm³/mol. The van der Waals surface area contributed by atoms with Gasteiger partial charge in [0.1, 0.15) is 11.5 Å². The van der Waals surface area contributed by atoms with Gasteiger partial charge in [-0.3, -0.25) is 0 Å². The molecule has 0 radical (unpaired) electrons. The van der Waals surface area contributed by atoms with E-state index in [0.29, 0.717) is 30.2 Å². The lowest BCUT2D eigenvalue weighted by atomic mass is 10.00. The fourth-order valence-electron chi connectivity index (χ4n) is 2.16. The van der Waals surface area contributed by atoms with Gasteiger partial charge in [-0.15, -0.1) is 11.8 Å². The van der Waals surface area contributed by atoms with Gasteiger partial charge >= 0.3 is 12.2 Å². The molecule has 0 N–H and O–H groups in total. The molecule has 0 spiro atoms. The summed E-state index contributed by atoms with van der Waals surface area (Å²) in [6, 6.07) is 0. The van der Waals surface area contributed by atoms with E-state index in [0.717, 1.165) is 6.42 Å². The Kier molecular flexibility index (Phi) is 6.84. The summed E-state index contributed by atoms with van der Waals surface area (Å²) in [5.41, 5.74) is -0.466. The zero-order valence-corrected chi connectivity index (χ0v) is 15.2. The summed E-state index contributed by atoms with van der Waals surface area (Å²) in [5, 5.41) is 0.383. The van der Waals surface area contributed by atoms with Crippen molar-refractivity contribution in [1.29, 1.82) is 0 Å². The Balaban J connectivity index is 2.36. The number of thioether (sulfide) groups is 1. The highest BCUT2D eigenvalue weighted by Gasteiger charge is 2.31. The van der Waals surface area contributed by atoms with Crippen molar-refractivity contribution in [2.75, 3.05) is 33.1 Å². The molecule has 7 heteroatoms. The van der Waals surface area contributed by atoms with E-state index in [1.165, 1.54) is 4.90 Å². The molecule has 1 saturated heterocycles. The maximum absolute atomic E-state index is 12.1. The summed E-state index contributed by atoms with van der Waals surface area (Å²) >= 11 is 1.63. The van der Waals surface area contributed by atoms with Crippen LogP contribution in [0.2, 0.25) is 0 Å². The second-order valence-electron chi connectivity index (χ2n) is 6.82. The van der Waals surface area contributed by atoms with E-state index in [1.807, 2.05) is 20.8 Å². The van der Waals surface area contributed by atoms with Crippen molar-refractivity contribution in [3.05, 3.63) is 0 Å². The number of hydrogen-bond donors (Lipinski definition) is 0. The summed E-state index contributed by atoms with van der Waals surface area (Å²) in [6.45, 7) is 9.08. The average molecular weight is 332 g/mol. The molecule has 0 aromatic rings. The number of nitrogens with zero attached hydrogens (tertiary/aromatic N) is 2. The Morgan fingerprint density at radius 1 is 1.32 bits per heavy atom. The van der Waals surface area contributed by atoms with Gasteiger partial charge in [-0.05, 0) is 33.1 Å². The third-order valence-corrected chi connectivity index (χ3v) is 4.69. The van der Waals surface area contributed by atoms with Crippen molar-refractivity contribution in [2.24, 2.45) is 5.92 Å². The monoisotopic (exact) mass is 332 g/mol. The van der Waals surface area contributed by atoms with Gasteiger partial charge in [0.25, 0.3) is 0 Å². The Labute approximate surface area is 137 Å². The first kappa shape index (κ1) is 18.9. The van der Waals surface area contributed by atoms with Crippen LogP contribution >= 0.6 is 11.8 Å². The molecule has 2 atom stereocenters. The molecule has 1 aliphatic rings. The first-order chi connectivity index (χ1) is 10.1. The molecule has 2 unspecified atom stereocenters. The Morgan fingerprint density at radius 3 is 2.45 bits per heavy atom. The quantitative estimate of drug-likeness (QED) is 0.744. The van der Waals surface area contributed by atoms with E-state index < -0.39 is 5.60 Å². The molecule has 0 aromatic carbocycles. The number of ether oxygens (including phenoxy) is 2. The van der Waals surface area contributed by atoms with Gasteiger partial charge in [0, 0.05) is 32.4 Å². The van der Waals surface area contributed by atoms with Crippen LogP contribution in [0.3, 0.4) is 0 Å². The lowest BCUT2D eigenvalue weighted by Gasteiger charge is -2.37. The van der Waals surface area contributed by atoms with Crippen LogP contribution in [0.15, 0.2) is 0 Å². The van der Waals surface area contributed by atoms with Crippen molar-refractivity contribution in [2.45, 2.75) is 45.0 Å². The zero-order valence-electron chi connectivity index (χ0n) is 14.4. The third kappa shape index (κ3) is 6.34. The second-order valence-corrected chi connectivity index (χ2v) is 7.99. The van der Waals surface area contributed by atoms with Crippen LogP contribution in [0.4, 0.5) is 9.59 Å². The minimum atomic E-state index is -0.466. The van der Waals surface area contributed by atoms with E-state index in [-0.39, 0.29) is 12.2 Å². The summed E-state index contributed by atoms with van der Waals surface area (Å²) in [7, 11) is 3.32. The highest BCUT2D eigenvalue weighted by Crippen LogP contribution is 2.29. The van der Waals surface area contributed by atoms with E-state index >= 15 is 0 Å². The predicted octanol–water partition coefficient (Wildman–Crippen LogP) is 3.02. The maximum Gasteiger partial charge on any atom is 0.410 e. The molecular formula is C15H28N2O4S. The summed E-state index contributed by atoms with van der Waals surface area (Å²) < 4.78 is 10.5. The number of hydrogen-bond acceptors (Lipinski definition) is 5. The van der Waals surface area contributed by atoms with Crippen molar-refractivity contribution in [1.82, 2.24) is 9.80 Å². The molecule has 1 rings (SSSR count). The van der Waals surface area contributed by atoms with Crippen LogP contribution in [0.1, 0.15) is 34.1 Å². The molecule has 6 nitrogen and oxygen atoms in total. The van der Waals surface area contributed by atoms with E-state index in [4.69, 9.17) is 9.47 Å². The van der Waals surface area contributed by atoms with Gasteiger partial charge in [0.15, 0.2) is 0 Å². The molecule has 128 valence electrons. The fraction of sp³-hybridized carbons (Fsp3) is 0.867. The molecule has 0 aliphatic carbocycles. The fourth-order valence-corrected chi connectivity index (χ4v) is 3.20. The van der Waals surface area contributed by atoms with Crippen LogP contribution in [-0.4, -0.2) is 66.0 Å². The largest absolute Gasteiger partial charge is 0.444 e. The molecule has 1 aliphatic heterocycles. The number of carbonyl (C=O) groups is 2. The number of amides is 2. The minimum absolute atomic E-state index is 0.248. The SMILES string of the molecule is CC1CN(C(=O)OC(C)(C)C)CCC1SCOC(=O)N(C)C. The van der Waals surface area contributed by atoms with Gasteiger partial charge in [-0.25, -0.2) is 9.59 Å². The Hall–Kier alpha value is -1.11. The molecule has 1 fully saturated rings. The van der Waals surface area contributed by atoms with Gasteiger partial charge in [-0.2, -0.15) is 0 Å². The van der Waals surface area contributed by atoms with Crippen molar-refractivity contribution < 1.29 is 19.1 Å². The Morgan fingerprint density at radius 2 is 1.95 bits per heavy atom. The Bertz CT molecular complexity index is 395. The summed E-state index contributed by atoms with van der Waals surface area (Å²) in [4.78, 5) is 26.6. The lowest BCUT2D eigenvalue weighted by Crippen LogP contribution is -2.46. The number of piperidine rings is 1. The molecule has 0 aromatic heterocycles. The van der Waals surface area contributed by atoms with E-state index in [9.17, 15) is 9.59 Å². The van der Waals surface area contributed by atoms with Gasteiger partial charge < -0.3 is 19.3 Å². The topological polar surface area (TPSA) is 59.1 Å². The van der Waals surface area contributed by atoms with Gasteiger partial charge in [-0.1, -0.05) is 6.92 Å². The maximum atomic E-state index is 12.1. The van der Waals surface area contributed by atoms with Gasteiger partial charge in [0.2, 0.25) is 0 Å². The zero-order chi connectivity index (χ0) is 16.9. The highest BCUT2D eigenvalue weighted by molar-refractivity contribution is 7.99. The van der Waals surface area contributed by atoms with Crippen LogP contribution in [0, 0.1) is 5.92 Å². The molecule has 0 bridgehead atoms. The normalized spacial score (nSPS) is 22.2. The summed E-state index contributed by atoms with van der Waals surface area (Å²) in [5.74, 6) is 0.683. The van der Waals surface area contributed by atoms with Crippen molar-refractivity contribution in [3.8, 4) is 0 Å². The first-order valence-corrected chi connectivity index (χ1v) is 8.58. The number of rotatable bonds is 3. The van der Waals surface area contributed by atoms with E-state index in [2.05, 4.69) is 6.92 Å². The third-order valence-electron chi connectivity index (χ3n) is 3.31.